The molecule has 0 saturated carbocycles. The van der Waals surface area contributed by atoms with Crippen molar-refractivity contribution in [2.75, 3.05) is 23.5 Å². The first kappa shape index (κ1) is 20.6. The van der Waals surface area contributed by atoms with Crippen molar-refractivity contribution in [3.63, 3.8) is 0 Å². The Hall–Kier alpha value is -2.10. The maximum atomic E-state index is 5.07. The van der Waals surface area contributed by atoms with Gasteiger partial charge in [-0.1, -0.05) is 74.4 Å². The van der Waals surface area contributed by atoms with Crippen LogP contribution in [0.15, 0.2) is 24.3 Å². The molecule has 2 heterocycles. The van der Waals surface area contributed by atoms with E-state index >= 15 is 0 Å². The van der Waals surface area contributed by atoms with Gasteiger partial charge in [-0.05, 0) is 23.1 Å². The maximum absolute atomic E-state index is 5.07. The highest BCUT2D eigenvalue weighted by Crippen LogP contribution is 2.45. The SMILES string of the molecule is CN1CN(c2cccc(C(C)(C)C)c2)c2nc(C(C)(C)C)nc(C(C)(C)C)c21. The Morgan fingerprint density at radius 2 is 1.46 bits per heavy atom. The van der Waals surface area contributed by atoms with Crippen LogP contribution in [0.1, 0.15) is 79.4 Å². The molecule has 0 saturated heterocycles. The minimum absolute atomic E-state index is 0.0510. The molecule has 28 heavy (non-hydrogen) atoms. The van der Waals surface area contributed by atoms with E-state index in [0.717, 1.165) is 29.7 Å². The van der Waals surface area contributed by atoms with Gasteiger partial charge in [-0.3, -0.25) is 0 Å². The highest BCUT2D eigenvalue weighted by atomic mass is 15.4. The molecule has 0 aliphatic carbocycles. The van der Waals surface area contributed by atoms with E-state index in [1.807, 2.05) is 0 Å². The van der Waals surface area contributed by atoms with Crippen LogP contribution in [0.4, 0.5) is 17.2 Å². The molecule has 0 unspecified atom stereocenters. The molecule has 0 N–H and O–H groups in total. The van der Waals surface area contributed by atoms with Gasteiger partial charge in [0.1, 0.15) is 11.5 Å². The molecule has 3 rings (SSSR count). The third-order valence-electron chi connectivity index (χ3n) is 5.26. The Balaban J connectivity index is 2.22. The predicted octanol–water partition coefficient (Wildman–Crippen LogP) is 5.91. The van der Waals surface area contributed by atoms with Crippen molar-refractivity contribution in [2.24, 2.45) is 0 Å². The van der Waals surface area contributed by atoms with Crippen LogP contribution in [0.3, 0.4) is 0 Å². The number of nitrogens with zero attached hydrogens (tertiary/aromatic N) is 4. The van der Waals surface area contributed by atoms with Crippen molar-refractivity contribution in [1.82, 2.24) is 9.97 Å². The van der Waals surface area contributed by atoms with E-state index in [4.69, 9.17) is 9.97 Å². The first-order valence-electron chi connectivity index (χ1n) is 10.2. The van der Waals surface area contributed by atoms with E-state index in [1.54, 1.807) is 0 Å². The van der Waals surface area contributed by atoms with Crippen LogP contribution in [0.2, 0.25) is 0 Å². The van der Waals surface area contributed by atoms with Gasteiger partial charge in [0, 0.05) is 23.6 Å². The van der Waals surface area contributed by atoms with E-state index in [9.17, 15) is 0 Å². The first-order chi connectivity index (χ1) is 12.7. The Bertz CT molecular complexity index is 879. The summed E-state index contributed by atoms with van der Waals surface area (Å²) < 4.78 is 0. The highest BCUT2D eigenvalue weighted by Gasteiger charge is 2.36. The predicted molar refractivity (Wildman–Crippen MR) is 120 cm³/mol. The van der Waals surface area contributed by atoms with Crippen LogP contribution in [0, 0.1) is 0 Å². The van der Waals surface area contributed by atoms with Crippen molar-refractivity contribution < 1.29 is 0 Å². The fourth-order valence-electron chi connectivity index (χ4n) is 3.54. The number of hydrogen-bond acceptors (Lipinski definition) is 4. The quantitative estimate of drug-likeness (QED) is 0.615. The summed E-state index contributed by atoms with van der Waals surface area (Å²) in [5.41, 5.74) is 4.77. The summed E-state index contributed by atoms with van der Waals surface area (Å²) in [6.45, 7) is 20.8. The lowest BCUT2D eigenvalue weighted by molar-refractivity contribution is 0.515. The third-order valence-corrected chi connectivity index (χ3v) is 5.26. The molecular weight excluding hydrogens is 344 g/mol. The molecule has 0 amide bonds. The largest absolute Gasteiger partial charge is 0.352 e. The highest BCUT2D eigenvalue weighted by molar-refractivity contribution is 5.81. The van der Waals surface area contributed by atoms with Gasteiger partial charge >= 0.3 is 0 Å². The number of benzene rings is 1. The van der Waals surface area contributed by atoms with Crippen LogP contribution in [0.5, 0.6) is 0 Å². The average Bonchev–Trinajstić information content (AvgIpc) is 2.89. The second kappa shape index (κ2) is 6.47. The molecule has 0 spiro atoms. The average molecular weight is 381 g/mol. The summed E-state index contributed by atoms with van der Waals surface area (Å²) in [5.74, 6) is 1.93. The topological polar surface area (TPSA) is 32.3 Å². The van der Waals surface area contributed by atoms with Gasteiger partial charge in [0.05, 0.1) is 12.4 Å². The third kappa shape index (κ3) is 3.74. The van der Waals surface area contributed by atoms with Crippen LogP contribution < -0.4 is 9.80 Å². The summed E-state index contributed by atoms with van der Waals surface area (Å²) in [6.07, 6.45) is 0. The van der Waals surface area contributed by atoms with Crippen molar-refractivity contribution in [3.8, 4) is 0 Å². The van der Waals surface area contributed by atoms with Gasteiger partial charge < -0.3 is 9.80 Å². The normalized spacial score (nSPS) is 15.2. The number of anilines is 3. The summed E-state index contributed by atoms with van der Waals surface area (Å²) >= 11 is 0. The van der Waals surface area contributed by atoms with Gasteiger partial charge in [0.25, 0.3) is 0 Å². The van der Waals surface area contributed by atoms with E-state index < -0.39 is 0 Å². The molecule has 2 aromatic rings. The Labute approximate surface area is 171 Å². The summed E-state index contributed by atoms with van der Waals surface area (Å²) in [5, 5.41) is 0. The maximum Gasteiger partial charge on any atom is 0.162 e. The van der Waals surface area contributed by atoms with Crippen LogP contribution in [-0.4, -0.2) is 23.7 Å². The van der Waals surface area contributed by atoms with Gasteiger partial charge in [-0.2, -0.15) is 0 Å². The Morgan fingerprint density at radius 1 is 0.821 bits per heavy atom. The van der Waals surface area contributed by atoms with Gasteiger partial charge in [0.2, 0.25) is 0 Å². The molecule has 4 nitrogen and oxygen atoms in total. The molecule has 1 aliphatic rings. The number of aromatic nitrogens is 2. The Morgan fingerprint density at radius 3 is 2.00 bits per heavy atom. The minimum atomic E-state index is -0.102. The zero-order valence-electron chi connectivity index (χ0n) is 19.3. The summed E-state index contributed by atoms with van der Waals surface area (Å²) in [7, 11) is 2.14. The van der Waals surface area contributed by atoms with Crippen molar-refractivity contribution >= 4 is 17.2 Å². The fourth-order valence-corrected chi connectivity index (χ4v) is 3.54. The molecule has 0 fully saturated rings. The van der Waals surface area contributed by atoms with Crippen molar-refractivity contribution in [3.05, 3.63) is 41.3 Å². The van der Waals surface area contributed by atoms with Gasteiger partial charge in [0.15, 0.2) is 5.82 Å². The smallest absolute Gasteiger partial charge is 0.162 e. The molecule has 1 aromatic carbocycles. The minimum Gasteiger partial charge on any atom is -0.352 e. The number of fused-ring (bicyclic) bond motifs is 1. The molecule has 1 aromatic heterocycles. The standard InChI is InChI=1S/C24H36N4/c1-22(2,3)16-12-11-13-17(14-16)28-15-27(10)18-19(23(4,5)6)25-21(24(7,8)9)26-20(18)28/h11-14H,15H2,1-10H3. The lowest BCUT2D eigenvalue weighted by Crippen LogP contribution is -2.26. The van der Waals surface area contributed by atoms with Crippen LogP contribution >= 0.6 is 0 Å². The Kier molecular flexibility index (Phi) is 4.76. The second-order valence-corrected chi connectivity index (χ2v) is 11.1. The van der Waals surface area contributed by atoms with E-state index in [1.165, 1.54) is 11.3 Å². The summed E-state index contributed by atoms with van der Waals surface area (Å²) in [6, 6.07) is 8.86. The first-order valence-corrected chi connectivity index (χ1v) is 10.2. The van der Waals surface area contributed by atoms with Crippen LogP contribution in [0.25, 0.3) is 0 Å². The lowest BCUT2D eigenvalue weighted by Gasteiger charge is -2.27. The van der Waals surface area contributed by atoms with E-state index in [0.29, 0.717) is 0 Å². The van der Waals surface area contributed by atoms with Crippen molar-refractivity contribution in [2.45, 2.75) is 78.6 Å². The van der Waals surface area contributed by atoms with Gasteiger partial charge in [-0.15, -0.1) is 0 Å². The second-order valence-electron chi connectivity index (χ2n) is 11.1. The molecule has 0 bridgehead atoms. The molecular formula is C24H36N4. The van der Waals surface area contributed by atoms with Gasteiger partial charge in [-0.25, -0.2) is 9.97 Å². The summed E-state index contributed by atoms with van der Waals surface area (Å²) in [4.78, 5) is 14.7. The van der Waals surface area contributed by atoms with E-state index in [2.05, 4.69) is 103 Å². The number of hydrogen-bond donors (Lipinski definition) is 0. The zero-order chi connectivity index (χ0) is 21.1. The molecule has 0 atom stereocenters. The molecule has 0 radical (unpaired) electrons. The lowest BCUT2D eigenvalue weighted by atomic mass is 9.87. The molecule has 4 heteroatoms. The zero-order valence-corrected chi connectivity index (χ0v) is 19.3. The number of rotatable bonds is 1. The fraction of sp³-hybridized carbons (Fsp3) is 0.583. The van der Waals surface area contributed by atoms with E-state index in [-0.39, 0.29) is 16.2 Å². The van der Waals surface area contributed by atoms with Crippen molar-refractivity contribution in [1.29, 1.82) is 0 Å². The molecule has 1 aliphatic heterocycles. The van der Waals surface area contributed by atoms with Crippen LogP contribution in [-0.2, 0) is 16.2 Å². The molecule has 152 valence electrons. The monoisotopic (exact) mass is 380 g/mol.